The average molecular weight is 251 g/mol. The summed E-state index contributed by atoms with van der Waals surface area (Å²) in [6, 6.07) is 0. The minimum absolute atomic E-state index is 0.363. The molecule has 0 radical (unpaired) electrons. The SMILES string of the molecule is Cc1nnsc1-c1nc(C2CCCNC2)no1. The molecular formula is C10H13N5OS. The zero-order valence-electron chi connectivity index (χ0n) is 9.51. The van der Waals surface area contributed by atoms with Crippen molar-refractivity contribution in [2.75, 3.05) is 13.1 Å². The second-order valence-electron chi connectivity index (χ2n) is 4.19. The van der Waals surface area contributed by atoms with Gasteiger partial charge in [0.25, 0.3) is 5.89 Å². The van der Waals surface area contributed by atoms with Crippen LogP contribution in [-0.2, 0) is 0 Å². The molecule has 1 unspecified atom stereocenters. The molecule has 0 amide bonds. The first kappa shape index (κ1) is 10.8. The van der Waals surface area contributed by atoms with Crippen molar-refractivity contribution in [1.29, 1.82) is 0 Å². The van der Waals surface area contributed by atoms with Gasteiger partial charge in [-0.2, -0.15) is 4.98 Å². The van der Waals surface area contributed by atoms with E-state index < -0.39 is 0 Å². The summed E-state index contributed by atoms with van der Waals surface area (Å²) in [6.45, 7) is 3.91. The second kappa shape index (κ2) is 4.50. The van der Waals surface area contributed by atoms with Crippen molar-refractivity contribution in [2.45, 2.75) is 25.7 Å². The van der Waals surface area contributed by atoms with E-state index in [4.69, 9.17) is 4.52 Å². The van der Waals surface area contributed by atoms with Gasteiger partial charge in [0.1, 0.15) is 4.88 Å². The van der Waals surface area contributed by atoms with Crippen LogP contribution in [0.2, 0.25) is 0 Å². The van der Waals surface area contributed by atoms with Crippen LogP contribution in [0.1, 0.15) is 30.3 Å². The molecule has 0 spiro atoms. The van der Waals surface area contributed by atoms with Crippen molar-refractivity contribution in [3.8, 4) is 10.8 Å². The summed E-state index contributed by atoms with van der Waals surface area (Å²) >= 11 is 1.29. The summed E-state index contributed by atoms with van der Waals surface area (Å²) in [4.78, 5) is 5.32. The highest BCUT2D eigenvalue weighted by Crippen LogP contribution is 2.27. The van der Waals surface area contributed by atoms with Gasteiger partial charge in [0.15, 0.2) is 5.82 Å². The molecule has 2 aromatic heterocycles. The predicted octanol–water partition coefficient (Wildman–Crippen LogP) is 1.36. The van der Waals surface area contributed by atoms with Crippen LogP contribution < -0.4 is 5.32 Å². The van der Waals surface area contributed by atoms with Gasteiger partial charge in [-0.15, -0.1) is 5.10 Å². The van der Waals surface area contributed by atoms with Gasteiger partial charge in [0.2, 0.25) is 0 Å². The Hall–Kier alpha value is -1.34. The Morgan fingerprint density at radius 3 is 3.12 bits per heavy atom. The summed E-state index contributed by atoms with van der Waals surface area (Å²) in [6.07, 6.45) is 2.28. The molecule has 3 rings (SSSR count). The van der Waals surface area contributed by atoms with E-state index in [0.29, 0.717) is 11.8 Å². The summed E-state index contributed by atoms with van der Waals surface area (Å²) in [5.41, 5.74) is 0.840. The molecule has 0 aromatic carbocycles. The Bertz CT molecular complexity index is 502. The van der Waals surface area contributed by atoms with E-state index in [-0.39, 0.29) is 0 Å². The molecule has 3 heterocycles. The lowest BCUT2D eigenvalue weighted by Gasteiger charge is -2.19. The molecule has 17 heavy (non-hydrogen) atoms. The van der Waals surface area contributed by atoms with Crippen LogP contribution in [0.3, 0.4) is 0 Å². The van der Waals surface area contributed by atoms with Crippen molar-refractivity contribution in [1.82, 2.24) is 25.0 Å². The average Bonchev–Trinajstić information content (AvgIpc) is 2.98. The first-order valence-electron chi connectivity index (χ1n) is 5.68. The molecule has 0 aliphatic carbocycles. The van der Waals surface area contributed by atoms with Gasteiger partial charge in [-0.25, -0.2) is 0 Å². The molecular weight excluding hydrogens is 238 g/mol. The van der Waals surface area contributed by atoms with Gasteiger partial charge in [-0.05, 0) is 37.8 Å². The van der Waals surface area contributed by atoms with Gasteiger partial charge in [0, 0.05) is 12.5 Å². The van der Waals surface area contributed by atoms with Gasteiger partial charge < -0.3 is 9.84 Å². The first-order chi connectivity index (χ1) is 8.34. The molecule has 1 N–H and O–H groups in total. The lowest BCUT2D eigenvalue weighted by Crippen LogP contribution is -2.28. The minimum atomic E-state index is 0.363. The topological polar surface area (TPSA) is 76.7 Å². The minimum Gasteiger partial charge on any atom is -0.333 e. The van der Waals surface area contributed by atoms with Crippen LogP contribution in [0.5, 0.6) is 0 Å². The van der Waals surface area contributed by atoms with Crippen LogP contribution in [0.4, 0.5) is 0 Å². The van der Waals surface area contributed by atoms with Crippen molar-refractivity contribution in [2.24, 2.45) is 0 Å². The molecule has 0 saturated carbocycles. The normalized spacial score (nSPS) is 20.6. The highest BCUT2D eigenvalue weighted by atomic mass is 32.1. The van der Waals surface area contributed by atoms with Crippen LogP contribution in [0, 0.1) is 6.92 Å². The van der Waals surface area contributed by atoms with Crippen molar-refractivity contribution < 1.29 is 4.52 Å². The van der Waals surface area contributed by atoms with Crippen molar-refractivity contribution >= 4 is 11.5 Å². The van der Waals surface area contributed by atoms with Gasteiger partial charge in [-0.1, -0.05) is 9.64 Å². The van der Waals surface area contributed by atoms with Gasteiger partial charge >= 0.3 is 0 Å². The van der Waals surface area contributed by atoms with Gasteiger partial charge in [-0.3, -0.25) is 0 Å². The summed E-state index contributed by atoms with van der Waals surface area (Å²) in [7, 11) is 0. The maximum absolute atomic E-state index is 5.28. The van der Waals surface area contributed by atoms with Crippen LogP contribution in [0.25, 0.3) is 10.8 Å². The van der Waals surface area contributed by atoms with Crippen molar-refractivity contribution in [3.05, 3.63) is 11.5 Å². The Morgan fingerprint density at radius 1 is 1.47 bits per heavy atom. The highest BCUT2D eigenvalue weighted by Gasteiger charge is 2.22. The quantitative estimate of drug-likeness (QED) is 0.868. The molecule has 2 aromatic rings. The predicted molar refractivity (Wildman–Crippen MR) is 62.8 cm³/mol. The lowest BCUT2D eigenvalue weighted by atomic mass is 9.99. The molecule has 1 aliphatic heterocycles. The fourth-order valence-corrected chi connectivity index (χ4v) is 2.57. The molecule has 1 atom stereocenters. The Balaban J connectivity index is 1.85. The van der Waals surface area contributed by atoms with Crippen LogP contribution >= 0.6 is 11.5 Å². The molecule has 7 heteroatoms. The van der Waals surface area contributed by atoms with E-state index >= 15 is 0 Å². The van der Waals surface area contributed by atoms with Gasteiger partial charge in [0.05, 0.1) is 5.69 Å². The molecule has 6 nitrogen and oxygen atoms in total. The van der Waals surface area contributed by atoms with E-state index in [9.17, 15) is 0 Å². The zero-order chi connectivity index (χ0) is 11.7. The van der Waals surface area contributed by atoms with Crippen molar-refractivity contribution in [3.63, 3.8) is 0 Å². The number of rotatable bonds is 2. The summed E-state index contributed by atoms with van der Waals surface area (Å²) in [5, 5.41) is 11.4. The van der Waals surface area contributed by atoms with E-state index in [2.05, 4.69) is 25.0 Å². The monoisotopic (exact) mass is 251 g/mol. The largest absolute Gasteiger partial charge is 0.333 e. The number of nitrogens with one attached hydrogen (secondary N) is 1. The third kappa shape index (κ3) is 2.07. The fraction of sp³-hybridized carbons (Fsp3) is 0.600. The fourth-order valence-electron chi connectivity index (χ4n) is 1.99. The number of aromatic nitrogens is 4. The second-order valence-corrected chi connectivity index (χ2v) is 4.94. The number of hydrogen-bond acceptors (Lipinski definition) is 7. The maximum Gasteiger partial charge on any atom is 0.271 e. The molecule has 1 aliphatic rings. The number of aryl methyl sites for hydroxylation is 1. The van der Waals surface area contributed by atoms with E-state index in [0.717, 1.165) is 42.3 Å². The highest BCUT2D eigenvalue weighted by molar-refractivity contribution is 7.09. The number of piperidine rings is 1. The molecule has 1 fully saturated rings. The van der Waals surface area contributed by atoms with E-state index in [1.54, 1.807) is 0 Å². The zero-order valence-corrected chi connectivity index (χ0v) is 10.3. The van der Waals surface area contributed by atoms with Crippen LogP contribution in [0.15, 0.2) is 4.52 Å². The lowest BCUT2D eigenvalue weighted by molar-refractivity contribution is 0.393. The number of hydrogen-bond donors (Lipinski definition) is 1. The van der Waals surface area contributed by atoms with E-state index in [1.807, 2.05) is 6.92 Å². The first-order valence-corrected chi connectivity index (χ1v) is 6.45. The third-order valence-corrected chi connectivity index (χ3v) is 3.77. The Labute approximate surface area is 103 Å². The Morgan fingerprint density at radius 2 is 2.41 bits per heavy atom. The third-order valence-electron chi connectivity index (χ3n) is 2.95. The molecule has 90 valence electrons. The maximum atomic E-state index is 5.28. The summed E-state index contributed by atoms with van der Waals surface area (Å²) < 4.78 is 9.16. The van der Waals surface area contributed by atoms with E-state index in [1.165, 1.54) is 11.5 Å². The number of nitrogens with zero attached hydrogens (tertiary/aromatic N) is 4. The summed E-state index contributed by atoms with van der Waals surface area (Å²) in [5.74, 6) is 1.69. The molecule has 1 saturated heterocycles. The van der Waals surface area contributed by atoms with Crippen LogP contribution in [-0.4, -0.2) is 32.8 Å². The standard InChI is InChI=1S/C10H13N5OS/c1-6-8(17-15-13-6)10-12-9(14-16-10)7-3-2-4-11-5-7/h7,11H,2-5H2,1H3. The molecule has 0 bridgehead atoms. The Kier molecular flexibility index (Phi) is 2.86. The smallest absolute Gasteiger partial charge is 0.271 e.